The standard InChI is InChI=1S/C14H19BrN2O2/c1-3-16-14(18)9(2)17-12-6-7-19-13-5-4-10(15)8-11(12)13/h4-5,8-9,12,17H,3,6-7H2,1-2H3,(H,16,18). The first-order valence-electron chi connectivity index (χ1n) is 6.57. The molecule has 0 aromatic heterocycles. The lowest BCUT2D eigenvalue weighted by atomic mass is 9.99. The highest BCUT2D eigenvalue weighted by Crippen LogP contribution is 2.34. The molecule has 0 spiro atoms. The highest BCUT2D eigenvalue weighted by Gasteiger charge is 2.24. The molecule has 2 N–H and O–H groups in total. The van der Waals surface area contributed by atoms with Crippen molar-refractivity contribution in [2.75, 3.05) is 13.2 Å². The second-order valence-corrected chi connectivity index (χ2v) is 5.57. The molecule has 104 valence electrons. The number of hydrogen-bond donors (Lipinski definition) is 2. The van der Waals surface area contributed by atoms with Gasteiger partial charge in [-0.1, -0.05) is 15.9 Å². The van der Waals surface area contributed by atoms with Crippen LogP contribution in [0, 0.1) is 0 Å². The summed E-state index contributed by atoms with van der Waals surface area (Å²) in [6.45, 7) is 5.14. The predicted molar refractivity (Wildman–Crippen MR) is 78.3 cm³/mol. The van der Waals surface area contributed by atoms with Gasteiger partial charge in [-0.25, -0.2) is 0 Å². The summed E-state index contributed by atoms with van der Waals surface area (Å²) < 4.78 is 6.66. The second kappa shape index (κ2) is 6.39. The molecule has 2 rings (SSSR count). The molecule has 0 saturated carbocycles. The van der Waals surface area contributed by atoms with E-state index in [-0.39, 0.29) is 18.0 Å². The van der Waals surface area contributed by atoms with Crippen molar-refractivity contribution in [2.45, 2.75) is 32.4 Å². The zero-order valence-corrected chi connectivity index (χ0v) is 12.8. The number of carbonyl (C=O) groups is 1. The number of ether oxygens (including phenoxy) is 1. The number of benzene rings is 1. The molecule has 2 atom stereocenters. The zero-order valence-electron chi connectivity index (χ0n) is 11.2. The van der Waals surface area contributed by atoms with Crippen molar-refractivity contribution in [1.82, 2.24) is 10.6 Å². The Morgan fingerprint density at radius 1 is 1.58 bits per heavy atom. The minimum absolute atomic E-state index is 0.0329. The molecule has 5 heteroatoms. The number of amides is 1. The number of fused-ring (bicyclic) bond motifs is 1. The van der Waals surface area contributed by atoms with E-state index in [1.54, 1.807) is 0 Å². The average Bonchev–Trinajstić information content (AvgIpc) is 2.39. The van der Waals surface area contributed by atoms with E-state index in [0.717, 1.165) is 22.2 Å². The first kappa shape index (κ1) is 14.3. The first-order chi connectivity index (χ1) is 9.11. The minimum atomic E-state index is -0.213. The molecule has 1 aliphatic rings. The number of nitrogens with one attached hydrogen (secondary N) is 2. The number of hydrogen-bond acceptors (Lipinski definition) is 3. The number of rotatable bonds is 4. The van der Waals surface area contributed by atoms with Crippen LogP contribution < -0.4 is 15.4 Å². The maximum Gasteiger partial charge on any atom is 0.236 e. The fourth-order valence-electron chi connectivity index (χ4n) is 2.24. The summed E-state index contributed by atoms with van der Waals surface area (Å²) in [7, 11) is 0. The monoisotopic (exact) mass is 326 g/mol. The van der Waals surface area contributed by atoms with Crippen LogP contribution in [-0.2, 0) is 4.79 Å². The third-order valence-electron chi connectivity index (χ3n) is 3.21. The van der Waals surface area contributed by atoms with Gasteiger partial charge in [-0.2, -0.15) is 0 Å². The van der Waals surface area contributed by atoms with E-state index < -0.39 is 0 Å². The minimum Gasteiger partial charge on any atom is -0.493 e. The van der Waals surface area contributed by atoms with Crippen LogP contribution in [0.1, 0.15) is 31.9 Å². The Morgan fingerprint density at radius 2 is 2.37 bits per heavy atom. The molecule has 2 unspecified atom stereocenters. The van der Waals surface area contributed by atoms with Gasteiger partial charge in [0.15, 0.2) is 0 Å². The second-order valence-electron chi connectivity index (χ2n) is 4.65. The van der Waals surface area contributed by atoms with Crippen molar-refractivity contribution in [1.29, 1.82) is 0 Å². The Bertz CT molecular complexity index is 465. The van der Waals surface area contributed by atoms with Crippen LogP contribution in [0.4, 0.5) is 0 Å². The van der Waals surface area contributed by atoms with Crippen molar-refractivity contribution in [2.24, 2.45) is 0 Å². The predicted octanol–water partition coefficient (Wildman–Crippen LogP) is 2.39. The largest absolute Gasteiger partial charge is 0.493 e. The Balaban J connectivity index is 2.11. The molecule has 4 nitrogen and oxygen atoms in total. The fourth-order valence-corrected chi connectivity index (χ4v) is 2.62. The lowest BCUT2D eigenvalue weighted by molar-refractivity contribution is -0.122. The fraction of sp³-hybridized carbons (Fsp3) is 0.500. The highest BCUT2D eigenvalue weighted by molar-refractivity contribution is 9.10. The van der Waals surface area contributed by atoms with Crippen LogP contribution in [0.3, 0.4) is 0 Å². The topological polar surface area (TPSA) is 50.4 Å². The lowest BCUT2D eigenvalue weighted by Gasteiger charge is -2.29. The third kappa shape index (κ3) is 3.48. The molecule has 1 aromatic carbocycles. The number of likely N-dealkylation sites (N-methyl/N-ethyl adjacent to an activating group) is 1. The molecule has 1 aromatic rings. The van der Waals surface area contributed by atoms with Crippen LogP contribution in [-0.4, -0.2) is 25.1 Å². The van der Waals surface area contributed by atoms with Crippen molar-refractivity contribution in [3.63, 3.8) is 0 Å². The molecule has 0 bridgehead atoms. The van der Waals surface area contributed by atoms with E-state index in [0.29, 0.717) is 13.2 Å². The third-order valence-corrected chi connectivity index (χ3v) is 3.70. The zero-order chi connectivity index (χ0) is 13.8. The summed E-state index contributed by atoms with van der Waals surface area (Å²) >= 11 is 3.48. The van der Waals surface area contributed by atoms with Crippen LogP contribution in [0.25, 0.3) is 0 Å². The van der Waals surface area contributed by atoms with E-state index in [1.165, 1.54) is 0 Å². The van der Waals surface area contributed by atoms with Crippen LogP contribution in [0.15, 0.2) is 22.7 Å². The lowest BCUT2D eigenvalue weighted by Crippen LogP contribution is -2.44. The van der Waals surface area contributed by atoms with Gasteiger partial charge in [0.25, 0.3) is 0 Å². The number of carbonyl (C=O) groups excluding carboxylic acids is 1. The number of halogens is 1. The highest BCUT2D eigenvalue weighted by atomic mass is 79.9. The van der Waals surface area contributed by atoms with Gasteiger partial charge in [0.05, 0.1) is 12.6 Å². The quantitative estimate of drug-likeness (QED) is 0.893. The van der Waals surface area contributed by atoms with Gasteiger partial charge in [0.1, 0.15) is 5.75 Å². The average molecular weight is 327 g/mol. The normalized spacial score (nSPS) is 19.2. The summed E-state index contributed by atoms with van der Waals surface area (Å²) in [5, 5.41) is 6.20. The summed E-state index contributed by atoms with van der Waals surface area (Å²) in [5.41, 5.74) is 1.11. The van der Waals surface area contributed by atoms with Gasteiger partial charge in [0.2, 0.25) is 5.91 Å². The van der Waals surface area contributed by atoms with Crippen molar-refractivity contribution in [3.8, 4) is 5.75 Å². The van der Waals surface area contributed by atoms with E-state index in [4.69, 9.17) is 4.74 Å². The van der Waals surface area contributed by atoms with Crippen LogP contribution in [0.5, 0.6) is 5.75 Å². The summed E-state index contributed by atoms with van der Waals surface area (Å²) in [6, 6.07) is 5.92. The van der Waals surface area contributed by atoms with Crippen molar-refractivity contribution >= 4 is 21.8 Å². The maximum atomic E-state index is 11.8. The van der Waals surface area contributed by atoms with Crippen molar-refractivity contribution < 1.29 is 9.53 Å². The smallest absolute Gasteiger partial charge is 0.236 e. The summed E-state index contributed by atoms with van der Waals surface area (Å²) in [6.07, 6.45) is 0.868. The van der Waals surface area contributed by atoms with Gasteiger partial charge in [-0.05, 0) is 32.0 Å². The van der Waals surface area contributed by atoms with E-state index in [1.807, 2.05) is 26.0 Å². The Morgan fingerprint density at radius 3 is 3.11 bits per heavy atom. The molecule has 0 radical (unpaired) electrons. The van der Waals surface area contributed by atoms with Gasteiger partial charge in [-0.3, -0.25) is 10.1 Å². The molecular formula is C14H19BrN2O2. The van der Waals surface area contributed by atoms with E-state index in [9.17, 15) is 4.79 Å². The van der Waals surface area contributed by atoms with Crippen LogP contribution >= 0.6 is 15.9 Å². The molecule has 1 aliphatic heterocycles. The summed E-state index contributed by atoms with van der Waals surface area (Å²) in [5.74, 6) is 0.931. The van der Waals surface area contributed by atoms with Gasteiger partial charge < -0.3 is 10.1 Å². The Kier molecular flexibility index (Phi) is 4.82. The Hall–Kier alpha value is -1.07. The van der Waals surface area contributed by atoms with E-state index in [2.05, 4.69) is 32.6 Å². The summed E-state index contributed by atoms with van der Waals surface area (Å²) in [4.78, 5) is 11.8. The molecule has 19 heavy (non-hydrogen) atoms. The van der Waals surface area contributed by atoms with Crippen LogP contribution in [0.2, 0.25) is 0 Å². The van der Waals surface area contributed by atoms with Gasteiger partial charge >= 0.3 is 0 Å². The first-order valence-corrected chi connectivity index (χ1v) is 7.37. The molecular weight excluding hydrogens is 308 g/mol. The van der Waals surface area contributed by atoms with Gasteiger partial charge in [0, 0.05) is 29.0 Å². The van der Waals surface area contributed by atoms with Gasteiger partial charge in [-0.15, -0.1) is 0 Å². The molecule has 0 fully saturated rings. The van der Waals surface area contributed by atoms with E-state index >= 15 is 0 Å². The molecule has 0 saturated heterocycles. The maximum absolute atomic E-state index is 11.8. The SMILES string of the molecule is CCNC(=O)C(C)NC1CCOc2ccc(Br)cc21. The molecule has 0 aliphatic carbocycles. The Labute approximate surface area is 122 Å². The molecule has 1 amide bonds. The molecule has 1 heterocycles. The van der Waals surface area contributed by atoms with Crippen molar-refractivity contribution in [3.05, 3.63) is 28.2 Å².